The van der Waals surface area contributed by atoms with Crippen molar-refractivity contribution in [2.24, 2.45) is 5.92 Å². The van der Waals surface area contributed by atoms with Crippen molar-refractivity contribution < 1.29 is 19.1 Å². The van der Waals surface area contributed by atoms with Gasteiger partial charge in [0.25, 0.3) is 5.91 Å². The minimum absolute atomic E-state index is 0.0972. The molecular formula is C22H31N3O4. The zero-order valence-corrected chi connectivity index (χ0v) is 16.9. The zero-order valence-electron chi connectivity index (χ0n) is 16.9. The molecule has 7 heteroatoms. The van der Waals surface area contributed by atoms with E-state index in [-0.39, 0.29) is 24.1 Å². The Morgan fingerprint density at radius 2 is 1.79 bits per heavy atom. The molecule has 2 aliphatic heterocycles. The van der Waals surface area contributed by atoms with Gasteiger partial charge in [0.2, 0.25) is 5.91 Å². The molecule has 29 heavy (non-hydrogen) atoms. The Hall–Kier alpha value is -1.96. The van der Waals surface area contributed by atoms with Crippen molar-refractivity contribution in [1.82, 2.24) is 10.2 Å². The number of carbonyl (C=O) groups is 2. The van der Waals surface area contributed by atoms with E-state index in [1.165, 1.54) is 0 Å². The second-order valence-electron chi connectivity index (χ2n) is 8.30. The van der Waals surface area contributed by atoms with Crippen molar-refractivity contribution >= 4 is 17.5 Å². The fourth-order valence-electron chi connectivity index (χ4n) is 4.62. The number of ether oxygens (including phenoxy) is 2. The summed E-state index contributed by atoms with van der Waals surface area (Å²) < 4.78 is 11.3. The van der Waals surface area contributed by atoms with Crippen LogP contribution in [0.5, 0.6) is 0 Å². The second-order valence-corrected chi connectivity index (χ2v) is 8.30. The molecule has 4 rings (SSSR count). The van der Waals surface area contributed by atoms with E-state index < -0.39 is 0 Å². The number of nitrogens with zero attached hydrogens (tertiary/aromatic N) is 1. The van der Waals surface area contributed by atoms with Crippen molar-refractivity contribution in [2.75, 3.05) is 38.2 Å². The predicted molar refractivity (Wildman–Crippen MR) is 110 cm³/mol. The van der Waals surface area contributed by atoms with Crippen LogP contribution in [-0.4, -0.2) is 61.9 Å². The van der Waals surface area contributed by atoms with E-state index in [9.17, 15) is 9.59 Å². The molecule has 1 aliphatic carbocycles. The topological polar surface area (TPSA) is 79.9 Å². The highest BCUT2D eigenvalue weighted by Gasteiger charge is 2.31. The first-order chi connectivity index (χ1) is 14.2. The number of rotatable bonds is 6. The average Bonchev–Trinajstić information content (AvgIpc) is 3.43. The summed E-state index contributed by atoms with van der Waals surface area (Å²) in [5.41, 5.74) is 1.10. The Kier molecular flexibility index (Phi) is 6.79. The van der Waals surface area contributed by atoms with E-state index in [2.05, 4.69) is 15.5 Å². The lowest BCUT2D eigenvalue weighted by molar-refractivity contribution is -0.121. The van der Waals surface area contributed by atoms with Crippen LogP contribution in [0.2, 0.25) is 0 Å². The number of nitrogens with one attached hydrogen (secondary N) is 2. The first-order valence-corrected chi connectivity index (χ1v) is 10.8. The van der Waals surface area contributed by atoms with Gasteiger partial charge < -0.3 is 20.1 Å². The van der Waals surface area contributed by atoms with Crippen LogP contribution in [0.15, 0.2) is 24.3 Å². The molecule has 0 aromatic heterocycles. The Morgan fingerprint density at radius 3 is 2.59 bits per heavy atom. The van der Waals surface area contributed by atoms with Crippen molar-refractivity contribution in [1.29, 1.82) is 0 Å². The average molecular weight is 402 g/mol. The van der Waals surface area contributed by atoms with Crippen molar-refractivity contribution in [3.05, 3.63) is 29.8 Å². The van der Waals surface area contributed by atoms with Gasteiger partial charge in [-0.25, -0.2) is 0 Å². The standard InChI is InChI=1S/C22H31N3O4/c26-20(15-25-11-5-6-16(14-25)22-28-12-13-29-22)24-19-10-4-3-9-18(19)21(27)23-17-7-1-2-8-17/h3-4,9-10,16-17,22H,1-2,5-8,11-15H2,(H,23,27)(H,24,26). The molecule has 3 fully saturated rings. The molecule has 0 bridgehead atoms. The highest BCUT2D eigenvalue weighted by Crippen LogP contribution is 2.25. The third-order valence-electron chi connectivity index (χ3n) is 6.08. The maximum absolute atomic E-state index is 12.7. The molecular weight excluding hydrogens is 370 g/mol. The molecule has 2 saturated heterocycles. The molecule has 1 aromatic carbocycles. The van der Waals surface area contributed by atoms with Gasteiger partial charge in [0.1, 0.15) is 0 Å². The van der Waals surface area contributed by atoms with Gasteiger partial charge in [-0.2, -0.15) is 0 Å². The van der Waals surface area contributed by atoms with Crippen molar-refractivity contribution in [3.8, 4) is 0 Å². The largest absolute Gasteiger partial charge is 0.350 e. The molecule has 158 valence electrons. The summed E-state index contributed by atoms with van der Waals surface area (Å²) in [6.07, 6.45) is 6.35. The van der Waals surface area contributed by atoms with E-state index in [1.807, 2.05) is 12.1 Å². The number of anilines is 1. The Balaban J connectivity index is 1.32. The SMILES string of the molecule is O=C(CN1CCCC(C2OCCO2)C1)Nc1ccccc1C(=O)NC1CCCC1. The Bertz CT molecular complexity index is 714. The molecule has 2 amide bonds. The second kappa shape index (κ2) is 9.69. The van der Waals surface area contributed by atoms with Gasteiger partial charge in [0.05, 0.1) is 31.0 Å². The van der Waals surface area contributed by atoms with Crippen molar-refractivity contribution in [3.63, 3.8) is 0 Å². The minimum Gasteiger partial charge on any atom is -0.350 e. The van der Waals surface area contributed by atoms with Gasteiger partial charge in [-0.15, -0.1) is 0 Å². The number of carbonyl (C=O) groups excluding carboxylic acids is 2. The molecule has 2 heterocycles. The normalized spacial score (nSPS) is 23.9. The number of hydrogen-bond donors (Lipinski definition) is 2. The fraction of sp³-hybridized carbons (Fsp3) is 0.636. The maximum Gasteiger partial charge on any atom is 0.253 e. The molecule has 1 atom stereocenters. The van der Waals surface area contributed by atoms with Gasteiger partial charge in [-0.1, -0.05) is 25.0 Å². The van der Waals surface area contributed by atoms with Crippen LogP contribution in [0.3, 0.4) is 0 Å². The Morgan fingerprint density at radius 1 is 1.03 bits per heavy atom. The summed E-state index contributed by atoms with van der Waals surface area (Å²) >= 11 is 0. The number of piperidine rings is 1. The van der Waals surface area contributed by atoms with Crippen molar-refractivity contribution in [2.45, 2.75) is 50.9 Å². The Labute approximate surface area is 172 Å². The number of hydrogen-bond acceptors (Lipinski definition) is 5. The smallest absolute Gasteiger partial charge is 0.253 e. The molecule has 1 aromatic rings. The zero-order chi connectivity index (χ0) is 20.1. The molecule has 1 unspecified atom stereocenters. The predicted octanol–water partition coefficient (Wildman–Crippen LogP) is 2.38. The molecule has 0 radical (unpaired) electrons. The number of benzene rings is 1. The molecule has 3 aliphatic rings. The third kappa shape index (κ3) is 5.35. The minimum atomic E-state index is -0.138. The first kappa shape index (κ1) is 20.3. The highest BCUT2D eigenvalue weighted by atomic mass is 16.7. The van der Waals surface area contributed by atoms with Crippen LogP contribution in [0.1, 0.15) is 48.9 Å². The van der Waals surface area contributed by atoms with Gasteiger partial charge in [-0.05, 0) is 44.4 Å². The van der Waals surface area contributed by atoms with Gasteiger partial charge in [-0.3, -0.25) is 14.5 Å². The number of likely N-dealkylation sites (tertiary alicyclic amines) is 1. The third-order valence-corrected chi connectivity index (χ3v) is 6.08. The summed E-state index contributed by atoms with van der Waals surface area (Å²) in [5.74, 6) is 0.102. The summed E-state index contributed by atoms with van der Waals surface area (Å²) in [5, 5.41) is 6.04. The molecule has 7 nitrogen and oxygen atoms in total. The monoisotopic (exact) mass is 401 g/mol. The molecule has 1 saturated carbocycles. The quantitative estimate of drug-likeness (QED) is 0.765. The lowest BCUT2D eigenvalue weighted by atomic mass is 9.97. The summed E-state index contributed by atoms with van der Waals surface area (Å²) in [4.78, 5) is 27.5. The van der Waals surface area contributed by atoms with Crippen LogP contribution in [-0.2, 0) is 14.3 Å². The number of amides is 2. The van der Waals surface area contributed by atoms with Crippen LogP contribution in [0.25, 0.3) is 0 Å². The summed E-state index contributed by atoms with van der Waals surface area (Å²) in [6, 6.07) is 7.48. The van der Waals surface area contributed by atoms with E-state index in [0.29, 0.717) is 36.9 Å². The lowest BCUT2D eigenvalue weighted by Gasteiger charge is -2.34. The highest BCUT2D eigenvalue weighted by molar-refractivity contribution is 6.04. The van der Waals surface area contributed by atoms with Crippen LogP contribution >= 0.6 is 0 Å². The summed E-state index contributed by atoms with van der Waals surface area (Å²) in [6.45, 7) is 3.30. The fourth-order valence-corrected chi connectivity index (χ4v) is 4.62. The lowest BCUT2D eigenvalue weighted by Crippen LogP contribution is -2.44. The first-order valence-electron chi connectivity index (χ1n) is 10.8. The van der Waals surface area contributed by atoms with E-state index in [0.717, 1.165) is 51.6 Å². The van der Waals surface area contributed by atoms with E-state index >= 15 is 0 Å². The molecule has 2 N–H and O–H groups in total. The maximum atomic E-state index is 12.7. The van der Waals surface area contributed by atoms with Gasteiger partial charge >= 0.3 is 0 Å². The van der Waals surface area contributed by atoms with Gasteiger partial charge in [0.15, 0.2) is 6.29 Å². The molecule has 0 spiro atoms. The van der Waals surface area contributed by atoms with Crippen LogP contribution in [0.4, 0.5) is 5.69 Å². The van der Waals surface area contributed by atoms with Crippen LogP contribution in [0, 0.1) is 5.92 Å². The van der Waals surface area contributed by atoms with E-state index in [4.69, 9.17) is 9.47 Å². The van der Waals surface area contributed by atoms with E-state index in [1.54, 1.807) is 12.1 Å². The van der Waals surface area contributed by atoms with Crippen LogP contribution < -0.4 is 10.6 Å². The number of para-hydroxylation sites is 1. The van der Waals surface area contributed by atoms with Gasteiger partial charge in [0, 0.05) is 18.5 Å². The summed E-state index contributed by atoms with van der Waals surface area (Å²) in [7, 11) is 0.